The van der Waals surface area contributed by atoms with Crippen molar-refractivity contribution in [2.45, 2.75) is 98.1 Å². The van der Waals surface area contributed by atoms with Crippen LogP contribution in [0.4, 0.5) is 0 Å². The molecule has 4 rings (SSSR count). The predicted molar refractivity (Wildman–Crippen MR) is 162 cm³/mol. The Morgan fingerprint density at radius 3 is 2.43 bits per heavy atom. The molecule has 0 bridgehead atoms. The average molecular weight is 496 g/mol. The Kier molecular flexibility index (Phi) is 7.65. The van der Waals surface area contributed by atoms with Crippen molar-refractivity contribution >= 4 is 22.2 Å². The number of hydrogen-bond acceptors (Lipinski definition) is 3. The van der Waals surface area contributed by atoms with E-state index < -0.39 is 0 Å². The summed E-state index contributed by atoms with van der Waals surface area (Å²) < 4.78 is 0. The SMILES string of the molecule is C=C1CC2N=C(C(=C)CC)c3cc(C(C)(C)C)c4ccccc4c3C2CCN(C(C)C)/C(C)=C\C(C)=N/1. The van der Waals surface area contributed by atoms with Gasteiger partial charge in [-0.25, -0.2) is 0 Å². The Labute approximate surface area is 224 Å². The fourth-order valence-electron chi connectivity index (χ4n) is 6.18. The Bertz CT molecular complexity index is 1310. The van der Waals surface area contributed by atoms with Crippen molar-refractivity contribution in [1.29, 1.82) is 0 Å². The summed E-state index contributed by atoms with van der Waals surface area (Å²) in [5.74, 6) is 0.279. The van der Waals surface area contributed by atoms with E-state index in [4.69, 9.17) is 9.98 Å². The van der Waals surface area contributed by atoms with Crippen molar-refractivity contribution in [3.63, 3.8) is 0 Å². The highest BCUT2D eigenvalue weighted by Crippen LogP contribution is 2.45. The topological polar surface area (TPSA) is 28.0 Å². The molecule has 0 saturated carbocycles. The van der Waals surface area contributed by atoms with E-state index >= 15 is 0 Å². The Morgan fingerprint density at radius 1 is 1.14 bits per heavy atom. The molecule has 0 aliphatic carbocycles. The van der Waals surface area contributed by atoms with Gasteiger partial charge in [0.05, 0.1) is 11.8 Å². The van der Waals surface area contributed by atoms with Gasteiger partial charge in [0.25, 0.3) is 0 Å². The zero-order chi connectivity index (χ0) is 27.1. The molecule has 0 fully saturated rings. The largest absolute Gasteiger partial charge is 0.373 e. The summed E-state index contributed by atoms with van der Waals surface area (Å²) in [4.78, 5) is 12.9. The van der Waals surface area contributed by atoms with Gasteiger partial charge in [0.15, 0.2) is 0 Å². The van der Waals surface area contributed by atoms with Crippen LogP contribution in [-0.4, -0.2) is 35.0 Å². The third-order valence-corrected chi connectivity index (χ3v) is 8.00. The monoisotopic (exact) mass is 495 g/mol. The van der Waals surface area contributed by atoms with Crippen molar-refractivity contribution in [1.82, 2.24) is 4.90 Å². The van der Waals surface area contributed by atoms with Gasteiger partial charge in [-0.15, -0.1) is 0 Å². The first kappa shape index (κ1) is 27.1. The summed E-state index contributed by atoms with van der Waals surface area (Å²) >= 11 is 0. The Morgan fingerprint density at radius 2 is 1.81 bits per heavy atom. The molecule has 0 N–H and O–H groups in total. The number of rotatable bonds is 3. The van der Waals surface area contributed by atoms with Crippen LogP contribution in [0.5, 0.6) is 0 Å². The van der Waals surface area contributed by atoms with Gasteiger partial charge in [-0.2, -0.15) is 0 Å². The smallest absolute Gasteiger partial charge is 0.0679 e. The summed E-state index contributed by atoms with van der Waals surface area (Å²) in [6, 6.07) is 11.9. The molecule has 2 aromatic carbocycles. The molecule has 2 heterocycles. The Hall–Kier alpha value is -2.94. The maximum absolute atomic E-state index is 5.47. The number of benzene rings is 2. The first-order valence-corrected chi connectivity index (χ1v) is 13.9. The van der Waals surface area contributed by atoms with Crippen LogP contribution in [0, 0.1) is 0 Å². The van der Waals surface area contributed by atoms with Crippen molar-refractivity contribution in [3.05, 3.63) is 83.2 Å². The molecule has 2 aliphatic heterocycles. The molecule has 3 heteroatoms. The van der Waals surface area contributed by atoms with Gasteiger partial charge in [0, 0.05) is 47.6 Å². The van der Waals surface area contributed by atoms with Gasteiger partial charge < -0.3 is 4.90 Å². The van der Waals surface area contributed by atoms with E-state index in [1.54, 1.807) is 0 Å². The summed E-state index contributed by atoms with van der Waals surface area (Å²) in [6.07, 6.45) is 4.87. The second-order valence-corrected chi connectivity index (χ2v) is 12.2. The molecule has 2 aromatic rings. The van der Waals surface area contributed by atoms with E-state index in [-0.39, 0.29) is 17.4 Å². The van der Waals surface area contributed by atoms with Crippen LogP contribution in [0.1, 0.15) is 97.3 Å². The van der Waals surface area contributed by atoms with E-state index in [9.17, 15) is 0 Å². The zero-order valence-electron chi connectivity index (χ0n) is 24.3. The third-order valence-electron chi connectivity index (χ3n) is 8.00. The van der Waals surface area contributed by atoms with Crippen LogP contribution in [0.3, 0.4) is 0 Å². The fourth-order valence-corrected chi connectivity index (χ4v) is 6.18. The van der Waals surface area contributed by atoms with E-state index in [1.165, 1.54) is 33.2 Å². The van der Waals surface area contributed by atoms with Crippen molar-refractivity contribution < 1.29 is 0 Å². The van der Waals surface area contributed by atoms with Crippen molar-refractivity contribution in [2.75, 3.05) is 6.54 Å². The second kappa shape index (κ2) is 10.4. The van der Waals surface area contributed by atoms with Crippen LogP contribution in [0.25, 0.3) is 10.8 Å². The summed E-state index contributed by atoms with van der Waals surface area (Å²) in [6.45, 7) is 27.8. The average Bonchev–Trinajstić information content (AvgIpc) is 2.83. The van der Waals surface area contributed by atoms with Crippen molar-refractivity contribution in [2.24, 2.45) is 9.98 Å². The molecule has 0 amide bonds. The lowest BCUT2D eigenvalue weighted by atomic mass is 9.73. The highest BCUT2D eigenvalue weighted by Gasteiger charge is 2.35. The molecular weight excluding hydrogens is 450 g/mol. The minimum Gasteiger partial charge on any atom is -0.373 e. The van der Waals surface area contributed by atoms with Crippen LogP contribution in [0.15, 0.2) is 76.5 Å². The maximum atomic E-state index is 5.47. The minimum absolute atomic E-state index is 0.0231. The normalized spacial score (nSPS) is 23.9. The third kappa shape index (κ3) is 5.37. The van der Waals surface area contributed by atoms with E-state index in [0.29, 0.717) is 6.04 Å². The quantitative estimate of drug-likeness (QED) is 0.418. The Balaban J connectivity index is 2.01. The van der Waals surface area contributed by atoms with Gasteiger partial charge in [0.2, 0.25) is 0 Å². The predicted octanol–water partition coefficient (Wildman–Crippen LogP) is 8.74. The zero-order valence-corrected chi connectivity index (χ0v) is 24.3. The van der Waals surface area contributed by atoms with Gasteiger partial charge in [-0.1, -0.05) is 65.1 Å². The van der Waals surface area contributed by atoms with E-state index in [1.807, 2.05) is 0 Å². The molecule has 0 spiro atoms. The number of allylic oxidation sites excluding steroid dienone is 3. The molecule has 0 radical (unpaired) electrons. The van der Waals surface area contributed by atoms with Gasteiger partial charge in [0.1, 0.15) is 0 Å². The van der Waals surface area contributed by atoms with Crippen molar-refractivity contribution in [3.8, 4) is 0 Å². The van der Waals surface area contributed by atoms with E-state index in [0.717, 1.165) is 48.5 Å². The number of hydrogen-bond donors (Lipinski definition) is 0. The van der Waals surface area contributed by atoms with E-state index in [2.05, 4.69) is 110 Å². The summed E-state index contributed by atoms with van der Waals surface area (Å²) in [5, 5.41) is 2.72. The van der Waals surface area contributed by atoms with Gasteiger partial charge in [-0.05, 0) is 85.6 Å². The molecule has 3 nitrogen and oxygen atoms in total. The fraction of sp³-hybridized carbons (Fsp3) is 0.471. The molecule has 37 heavy (non-hydrogen) atoms. The van der Waals surface area contributed by atoms with Gasteiger partial charge >= 0.3 is 0 Å². The molecule has 0 aromatic heterocycles. The standard InChI is InChI=1S/C34H45N3/c1-11-22(4)33-29-20-30(34(8,9)10)26-14-12-13-15-27(26)32(29)28-16-17-37(21(2)3)25(7)18-23(5)35-24(6)19-31(28)36-33/h12-15,18,20-21,28,31H,4,6,11,16-17,19H2,1-3,5,7-10H3/b25-18-,35-23-. The molecule has 2 atom stereocenters. The van der Waals surface area contributed by atoms with Crippen LogP contribution >= 0.6 is 0 Å². The number of fused-ring (bicyclic) bond motifs is 5. The lowest BCUT2D eigenvalue weighted by Gasteiger charge is -2.37. The first-order chi connectivity index (χ1) is 17.4. The highest BCUT2D eigenvalue weighted by atomic mass is 15.2. The maximum Gasteiger partial charge on any atom is 0.0679 e. The minimum atomic E-state index is 0.0231. The molecular formula is C34H45N3. The summed E-state index contributed by atoms with van der Waals surface area (Å²) in [7, 11) is 0. The van der Waals surface area contributed by atoms with Crippen LogP contribution in [-0.2, 0) is 5.41 Å². The molecule has 2 aliphatic rings. The van der Waals surface area contributed by atoms with Crippen LogP contribution in [0.2, 0.25) is 0 Å². The lowest BCUT2D eigenvalue weighted by Crippen LogP contribution is -2.34. The molecule has 2 unspecified atom stereocenters. The van der Waals surface area contributed by atoms with Crippen LogP contribution < -0.4 is 0 Å². The lowest BCUT2D eigenvalue weighted by molar-refractivity contribution is 0.267. The number of aliphatic imine (C=N–C) groups is 2. The molecule has 196 valence electrons. The first-order valence-electron chi connectivity index (χ1n) is 13.9. The highest BCUT2D eigenvalue weighted by molar-refractivity contribution is 6.16. The van der Waals surface area contributed by atoms with Gasteiger partial charge in [-0.3, -0.25) is 9.98 Å². The second-order valence-electron chi connectivity index (χ2n) is 12.2. The molecule has 0 saturated heterocycles. The number of nitrogens with zero attached hydrogens (tertiary/aromatic N) is 3. The summed E-state index contributed by atoms with van der Waals surface area (Å²) in [5.41, 5.74) is 9.46.